The molecule has 2 atom stereocenters. The van der Waals surface area contributed by atoms with Crippen molar-refractivity contribution < 1.29 is 30.3 Å². The van der Waals surface area contributed by atoms with E-state index in [1.807, 2.05) is 6.20 Å². The summed E-state index contributed by atoms with van der Waals surface area (Å²) in [5, 5.41) is 22.8. The quantitative estimate of drug-likeness (QED) is 0.305. The molecule has 191 valence electrons. The van der Waals surface area contributed by atoms with Crippen LogP contribution in [-0.4, -0.2) is 27.4 Å². The van der Waals surface area contributed by atoms with E-state index in [2.05, 4.69) is 95.9 Å². The first-order valence-corrected chi connectivity index (χ1v) is 12.7. The van der Waals surface area contributed by atoms with Crippen molar-refractivity contribution in [3.05, 3.63) is 65.4 Å². The number of aliphatic hydroxyl groups excluding tert-OH is 2. The van der Waals surface area contributed by atoms with Crippen molar-refractivity contribution in [3.63, 3.8) is 0 Å². The van der Waals surface area contributed by atoms with Crippen LogP contribution in [-0.2, 0) is 26.5 Å². The molecule has 2 fully saturated rings. The molecule has 2 aliphatic carbocycles. The third kappa shape index (κ3) is 5.72. The van der Waals surface area contributed by atoms with Crippen LogP contribution in [0.2, 0.25) is 0 Å². The molecule has 1 heterocycles. The van der Waals surface area contributed by atoms with Crippen LogP contribution in [0.15, 0.2) is 42.6 Å². The third-order valence-corrected chi connectivity index (χ3v) is 8.07. The Morgan fingerprint density at radius 3 is 2.09 bits per heavy atom. The minimum Gasteiger partial charge on any atom is -0.392 e. The van der Waals surface area contributed by atoms with E-state index >= 15 is 0 Å². The fraction of sp³-hybridized carbons (Fsp3) is 0.516. The maximum atomic E-state index is 10.2. The van der Waals surface area contributed by atoms with E-state index in [0.717, 1.165) is 36.1 Å². The standard InChI is InChI=1S/C19H18N.C12H22O2.Ir/c1-4-15-5-6-16-12-20-19(11-17(16)10-15)18-8-13(2)7-14(3)9-18;1-11(2)5-7-6-12(3,4)10(14)8(7)9(11)13;/h5-8,10-12H,4H2,1-3H3;7-10,13-14H,5-6H2,1-4H3;/q-1;;. The molecule has 4 heteroatoms. The molecule has 1 aromatic heterocycles. The van der Waals surface area contributed by atoms with Gasteiger partial charge in [-0.05, 0) is 58.0 Å². The number of aryl methyl sites for hydroxylation is 3. The summed E-state index contributed by atoms with van der Waals surface area (Å²) in [4.78, 5) is 4.58. The molecule has 2 saturated carbocycles. The average molecular weight is 651 g/mol. The van der Waals surface area contributed by atoms with Crippen LogP contribution >= 0.6 is 0 Å². The molecular weight excluding hydrogens is 611 g/mol. The van der Waals surface area contributed by atoms with E-state index in [1.54, 1.807) is 0 Å². The number of aromatic nitrogens is 1. The molecule has 2 aliphatic rings. The Hall–Kier alpha value is -1.58. The molecule has 35 heavy (non-hydrogen) atoms. The zero-order valence-electron chi connectivity index (χ0n) is 22.1. The van der Waals surface area contributed by atoms with Crippen molar-refractivity contribution in [2.45, 2.75) is 79.9 Å². The van der Waals surface area contributed by atoms with Crippen LogP contribution in [0.1, 0.15) is 64.2 Å². The molecule has 1 radical (unpaired) electrons. The maximum absolute atomic E-state index is 10.2. The van der Waals surface area contributed by atoms with E-state index in [-0.39, 0.29) is 49.1 Å². The van der Waals surface area contributed by atoms with Crippen molar-refractivity contribution in [1.29, 1.82) is 0 Å². The number of benzene rings is 2. The summed E-state index contributed by atoms with van der Waals surface area (Å²) in [6.07, 6.45) is 4.46. The van der Waals surface area contributed by atoms with Crippen LogP contribution in [0.5, 0.6) is 0 Å². The first-order valence-electron chi connectivity index (χ1n) is 12.7. The second kappa shape index (κ2) is 10.4. The van der Waals surface area contributed by atoms with Crippen molar-refractivity contribution in [2.24, 2.45) is 22.7 Å². The van der Waals surface area contributed by atoms with Crippen LogP contribution in [0, 0.1) is 42.6 Å². The van der Waals surface area contributed by atoms with E-state index < -0.39 is 0 Å². The number of hydrogen-bond acceptors (Lipinski definition) is 3. The van der Waals surface area contributed by atoms with E-state index in [4.69, 9.17) is 0 Å². The molecule has 3 aromatic rings. The Labute approximate surface area is 224 Å². The summed E-state index contributed by atoms with van der Waals surface area (Å²) in [5.41, 5.74) is 5.83. The predicted octanol–water partition coefficient (Wildman–Crippen LogP) is 6.68. The van der Waals surface area contributed by atoms with Crippen molar-refractivity contribution in [3.8, 4) is 11.3 Å². The van der Waals surface area contributed by atoms with Gasteiger partial charge in [-0.25, -0.2) is 0 Å². The number of pyridine rings is 1. The number of hydrogen-bond donors (Lipinski definition) is 2. The van der Waals surface area contributed by atoms with Crippen molar-refractivity contribution in [2.75, 3.05) is 0 Å². The molecule has 2 unspecified atom stereocenters. The summed E-state index contributed by atoms with van der Waals surface area (Å²) < 4.78 is 0. The molecule has 5 rings (SSSR count). The van der Waals surface area contributed by atoms with Gasteiger partial charge in [0.25, 0.3) is 0 Å². The van der Waals surface area contributed by atoms with Gasteiger partial charge in [0.1, 0.15) is 0 Å². The average Bonchev–Trinajstić information content (AvgIpc) is 3.12. The SMILES string of the molecule is CC1(C)CC2CC(C)(C)C(O)C2C1O.CCc1ccc2cnc(-c3[c-]c(C)cc(C)c3)cc2c1.[Ir]. The van der Waals surface area contributed by atoms with Gasteiger partial charge in [0.05, 0.1) is 12.2 Å². The van der Waals surface area contributed by atoms with Gasteiger partial charge in [-0.15, -0.1) is 34.9 Å². The van der Waals surface area contributed by atoms with Crippen LogP contribution < -0.4 is 0 Å². The Balaban J connectivity index is 0.000000202. The Bertz CT molecular complexity index is 1140. The maximum Gasteiger partial charge on any atom is 0.0646 e. The zero-order chi connectivity index (χ0) is 24.8. The number of fused-ring (bicyclic) bond motifs is 2. The van der Waals surface area contributed by atoms with Crippen LogP contribution in [0.3, 0.4) is 0 Å². The summed E-state index contributed by atoms with van der Waals surface area (Å²) in [7, 11) is 0. The summed E-state index contributed by atoms with van der Waals surface area (Å²) in [5.74, 6) is 0.630. The molecule has 2 N–H and O–H groups in total. The third-order valence-electron chi connectivity index (χ3n) is 8.07. The molecule has 0 amide bonds. The largest absolute Gasteiger partial charge is 0.392 e. The van der Waals surface area contributed by atoms with Gasteiger partial charge < -0.3 is 15.2 Å². The first-order chi connectivity index (χ1) is 15.9. The Morgan fingerprint density at radius 1 is 0.914 bits per heavy atom. The molecule has 0 saturated heterocycles. The van der Waals surface area contributed by atoms with Crippen LogP contribution in [0.4, 0.5) is 0 Å². The molecule has 2 aromatic carbocycles. The predicted molar refractivity (Wildman–Crippen MR) is 141 cm³/mol. The minimum atomic E-state index is -0.329. The van der Waals surface area contributed by atoms with Gasteiger partial charge in [-0.3, -0.25) is 0 Å². The fourth-order valence-corrected chi connectivity index (χ4v) is 6.26. The topological polar surface area (TPSA) is 53.4 Å². The summed E-state index contributed by atoms with van der Waals surface area (Å²) >= 11 is 0. The van der Waals surface area contributed by atoms with Gasteiger partial charge in [0.2, 0.25) is 0 Å². The number of aliphatic hydroxyl groups is 2. The summed E-state index contributed by atoms with van der Waals surface area (Å²) in [6.45, 7) is 14.8. The second-order valence-corrected chi connectivity index (χ2v) is 12.0. The van der Waals surface area contributed by atoms with Gasteiger partial charge >= 0.3 is 0 Å². The monoisotopic (exact) mass is 651 g/mol. The smallest absolute Gasteiger partial charge is 0.0646 e. The normalized spacial score (nSPS) is 26.0. The molecule has 0 aliphatic heterocycles. The Morgan fingerprint density at radius 2 is 1.54 bits per heavy atom. The zero-order valence-corrected chi connectivity index (χ0v) is 24.5. The van der Waals surface area contributed by atoms with Gasteiger partial charge in [0, 0.05) is 32.2 Å². The molecule has 0 spiro atoms. The Kier molecular flexibility index (Phi) is 8.34. The van der Waals surface area contributed by atoms with Gasteiger partial charge in [0.15, 0.2) is 0 Å². The van der Waals surface area contributed by atoms with Crippen LogP contribution in [0.25, 0.3) is 22.0 Å². The molecule has 3 nitrogen and oxygen atoms in total. The van der Waals surface area contributed by atoms with E-state index in [9.17, 15) is 10.2 Å². The summed E-state index contributed by atoms with van der Waals surface area (Å²) in [6, 6.07) is 16.4. The fourth-order valence-electron chi connectivity index (χ4n) is 6.26. The molecule has 0 bridgehead atoms. The van der Waals surface area contributed by atoms with E-state index in [0.29, 0.717) is 5.92 Å². The first kappa shape index (κ1) is 28.0. The molecular formula is C31H40IrNO2-. The van der Waals surface area contributed by atoms with Crippen molar-refractivity contribution in [1.82, 2.24) is 4.98 Å². The van der Waals surface area contributed by atoms with Gasteiger partial charge in [-0.1, -0.05) is 72.7 Å². The number of nitrogens with zero attached hydrogens (tertiary/aromatic N) is 1. The minimum absolute atomic E-state index is 0. The second-order valence-electron chi connectivity index (χ2n) is 12.0. The van der Waals surface area contributed by atoms with E-state index in [1.165, 1.54) is 21.9 Å². The van der Waals surface area contributed by atoms with Crippen molar-refractivity contribution >= 4 is 10.8 Å². The number of rotatable bonds is 2. The van der Waals surface area contributed by atoms with Gasteiger partial charge in [-0.2, -0.15) is 0 Å².